The van der Waals surface area contributed by atoms with E-state index in [1.807, 2.05) is 32.8 Å². The number of nitrogens with zero attached hydrogens (tertiary/aromatic N) is 1. The molecule has 6 nitrogen and oxygen atoms in total. The predicted molar refractivity (Wildman–Crippen MR) is 75.1 cm³/mol. The number of aliphatic carboxylic acids is 1. The van der Waals surface area contributed by atoms with Gasteiger partial charge in [0.05, 0.1) is 0 Å². The second-order valence-electron chi connectivity index (χ2n) is 6.29. The van der Waals surface area contributed by atoms with Crippen LogP contribution in [0.3, 0.4) is 0 Å². The Bertz CT molecular complexity index is 314. The van der Waals surface area contributed by atoms with Gasteiger partial charge in [0.15, 0.2) is 0 Å². The highest BCUT2D eigenvalue weighted by molar-refractivity contribution is 5.82. The highest BCUT2D eigenvalue weighted by Gasteiger charge is 2.25. The van der Waals surface area contributed by atoms with Gasteiger partial charge in [-0.3, -0.25) is 0 Å². The minimum atomic E-state index is -1.02. The Hall–Kier alpha value is -1.30. The molecule has 0 rings (SSSR count). The summed E-state index contributed by atoms with van der Waals surface area (Å²) in [7, 11) is 3.95. The van der Waals surface area contributed by atoms with Gasteiger partial charge in [-0.2, -0.15) is 0 Å². The summed E-state index contributed by atoms with van der Waals surface area (Å²) in [6.07, 6.45) is 0. The molecule has 0 spiro atoms. The first-order valence-electron chi connectivity index (χ1n) is 6.47. The Balaban J connectivity index is 4.28. The largest absolute Gasteiger partial charge is 0.480 e. The van der Waals surface area contributed by atoms with Crippen LogP contribution in [0.5, 0.6) is 0 Å². The molecule has 0 heterocycles. The van der Waals surface area contributed by atoms with Crippen LogP contribution in [0.15, 0.2) is 0 Å². The summed E-state index contributed by atoms with van der Waals surface area (Å²) in [4.78, 5) is 24.7. The van der Waals surface area contributed by atoms with Crippen molar-refractivity contribution in [2.45, 2.75) is 33.7 Å². The maximum absolute atomic E-state index is 11.7. The van der Waals surface area contributed by atoms with Gasteiger partial charge in [-0.1, -0.05) is 27.7 Å². The van der Waals surface area contributed by atoms with Crippen molar-refractivity contribution in [1.29, 1.82) is 0 Å². The van der Waals surface area contributed by atoms with Crippen molar-refractivity contribution in [3.8, 4) is 0 Å². The quantitative estimate of drug-likeness (QED) is 0.646. The summed E-state index contributed by atoms with van der Waals surface area (Å²) in [5.74, 6) is -1.17. The van der Waals surface area contributed by atoms with Crippen LogP contribution in [-0.2, 0) is 4.79 Å². The average molecular weight is 273 g/mol. The number of carboxylic acids is 1. The van der Waals surface area contributed by atoms with Crippen LogP contribution in [0.1, 0.15) is 27.7 Å². The fraction of sp³-hybridized carbons (Fsp3) is 0.846. The maximum Gasteiger partial charge on any atom is 0.326 e. The van der Waals surface area contributed by atoms with Gasteiger partial charge in [-0.25, -0.2) is 9.59 Å². The molecule has 0 radical (unpaired) electrons. The molecule has 0 fully saturated rings. The number of hydrogen-bond donors (Lipinski definition) is 3. The minimum Gasteiger partial charge on any atom is -0.480 e. The Kier molecular flexibility index (Phi) is 6.83. The average Bonchev–Trinajstić information content (AvgIpc) is 2.20. The van der Waals surface area contributed by atoms with Crippen LogP contribution in [0, 0.1) is 11.3 Å². The third kappa shape index (κ3) is 7.66. The van der Waals surface area contributed by atoms with Crippen LogP contribution in [0.25, 0.3) is 0 Å². The van der Waals surface area contributed by atoms with Crippen molar-refractivity contribution in [1.82, 2.24) is 15.5 Å². The zero-order chi connectivity index (χ0) is 15.2. The van der Waals surface area contributed by atoms with E-state index in [0.717, 1.165) is 6.54 Å². The number of urea groups is 1. The smallest absolute Gasteiger partial charge is 0.326 e. The number of carboxylic acid groups (broad SMARTS) is 1. The number of nitrogens with one attached hydrogen (secondary N) is 2. The van der Waals surface area contributed by atoms with Gasteiger partial charge in [0.25, 0.3) is 0 Å². The Morgan fingerprint density at radius 2 is 1.79 bits per heavy atom. The molecule has 1 atom stereocenters. The van der Waals surface area contributed by atoms with E-state index < -0.39 is 18.0 Å². The summed E-state index contributed by atoms with van der Waals surface area (Å²) in [5.41, 5.74) is -0.0720. The summed E-state index contributed by atoms with van der Waals surface area (Å²) in [5, 5.41) is 14.2. The molecule has 0 aromatic carbocycles. The van der Waals surface area contributed by atoms with Crippen LogP contribution < -0.4 is 10.6 Å². The standard InChI is InChI=1S/C13H27N3O3/c1-9(2)10(11(17)18)15-12(19)14-7-13(3,4)8-16(5)6/h9-10H,7-8H2,1-6H3,(H,17,18)(H2,14,15,19)/t10-/m1/s1. The molecule has 0 aliphatic heterocycles. The minimum absolute atomic E-state index is 0.0720. The third-order valence-electron chi connectivity index (χ3n) is 2.69. The first-order chi connectivity index (χ1) is 8.55. The SMILES string of the molecule is CC(C)[C@@H](NC(=O)NCC(C)(C)CN(C)C)C(=O)O. The molecule has 19 heavy (non-hydrogen) atoms. The lowest BCUT2D eigenvalue weighted by Gasteiger charge is -2.29. The maximum atomic E-state index is 11.7. The van der Waals surface area contributed by atoms with E-state index in [0.29, 0.717) is 6.54 Å². The van der Waals surface area contributed by atoms with Gasteiger partial charge in [-0.05, 0) is 25.4 Å². The first kappa shape index (κ1) is 17.7. The second kappa shape index (κ2) is 7.33. The van der Waals surface area contributed by atoms with Crippen LogP contribution in [-0.4, -0.2) is 55.2 Å². The lowest BCUT2D eigenvalue weighted by atomic mass is 9.93. The predicted octanol–water partition coefficient (Wildman–Crippen LogP) is 0.983. The Labute approximate surface area is 115 Å². The van der Waals surface area contributed by atoms with E-state index in [2.05, 4.69) is 10.6 Å². The fourth-order valence-electron chi connectivity index (χ4n) is 1.94. The highest BCUT2D eigenvalue weighted by atomic mass is 16.4. The molecule has 0 unspecified atom stereocenters. The second-order valence-corrected chi connectivity index (χ2v) is 6.29. The molecular weight excluding hydrogens is 246 g/mol. The van der Waals surface area contributed by atoms with Crippen LogP contribution in [0.2, 0.25) is 0 Å². The summed E-state index contributed by atoms with van der Waals surface area (Å²) in [6.45, 7) is 8.93. The molecule has 0 aliphatic rings. The van der Waals surface area contributed by atoms with Crippen molar-refractivity contribution in [2.24, 2.45) is 11.3 Å². The molecule has 0 saturated carbocycles. The monoisotopic (exact) mass is 273 g/mol. The van der Waals surface area contributed by atoms with E-state index >= 15 is 0 Å². The number of amides is 2. The van der Waals surface area contributed by atoms with Gasteiger partial charge < -0.3 is 20.6 Å². The summed E-state index contributed by atoms with van der Waals surface area (Å²) in [6, 6.07) is -1.30. The van der Waals surface area contributed by atoms with Gasteiger partial charge in [0.1, 0.15) is 6.04 Å². The molecule has 0 aromatic rings. The van der Waals surface area contributed by atoms with E-state index in [-0.39, 0.29) is 11.3 Å². The molecule has 112 valence electrons. The lowest BCUT2D eigenvalue weighted by Crippen LogP contribution is -2.51. The van der Waals surface area contributed by atoms with Gasteiger partial charge in [0, 0.05) is 13.1 Å². The highest BCUT2D eigenvalue weighted by Crippen LogP contribution is 2.14. The number of hydrogen-bond acceptors (Lipinski definition) is 3. The number of rotatable bonds is 7. The molecular formula is C13H27N3O3. The Morgan fingerprint density at radius 1 is 1.26 bits per heavy atom. The van der Waals surface area contributed by atoms with Crippen LogP contribution in [0.4, 0.5) is 4.79 Å². The van der Waals surface area contributed by atoms with Gasteiger partial charge in [-0.15, -0.1) is 0 Å². The fourth-order valence-corrected chi connectivity index (χ4v) is 1.94. The van der Waals surface area contributed by atoms with Crippen molar-refractivity contribution in [3.63, 3.8) is 0 Å². The molecule has 0 aromatic heterocycles. The molecule has 0 saturated heterocycles. The van der Waals surface area contributed by atoms with Crippen molar-refractivity contribution in [2.75, 3.05) is 27.2 Å². The molecule has 2 amide bonds. The van der Waals surface area contributed by atoms with Crippen molar-refractivity contribution >= 4 is 12.0 Å². The van der Waals surface area contributed by atoms with E-state index in [1.165, 1.54) is 0 Å². The lowest BCUT2D eigenvalue weighted by molar-refractivity contribution is -0.140. The van der Waals surface area contributed by atoms with Crippen LogP contribution >= 0.6 is 0 Å². The molecule has 0 aliphatic carbocycles. The van der Waals surface area contributed by atoms with Gasteiger partial charge in [0.2, 0.25) is 0 Å². The molecule has 6 heteroatoms. The van der Waals surface area contributed by atoms with Crippen molar-refractivity contribution in [3.05, 3.63) is 0 Å². The first-order valence-corrected chi connectivity index (χ1v) is 6.47. The van der Waals surface area contributed by atoms with Gasteiger partial charge >= 0.3 is 12.0 Å². The number of carbonyl (C=O) groups is 2. The summed E-state index contributed by atoms with van der Waals surface area (Å²) < 4.78 is 0. The topological polar surface area (TPSA) is 81.7 Å². The third-order valence-corrected chi connectivity index (χ3v) is 2.69. The van der Waals surface area contributed by atoms with Crippen molar-refractivity contribution < 1.29 is 14.7 Å². The normalized spacial score (nSPS) is 13.5. The zero-order valence-corrected chi connectivity index (χ0v) is 12.8. The molecule has 3 N–H and O–H groups in total. The molecule has 0 bridgehead atoms. The van der Waals surface area contributed by atoms with E-state index in [1.54, 1.807) is 13.8 Å². The summed E-state index contributed by atoms with van der Waals surface area (Å²) >= 11 is 0. The number of carbonyl (C=O) groups excluding carboxylic acids is 1. The van der Waals surface area contributed by atoms with E-state index in [4.69, 9.17) is 5.11 Å². The Morgan fingerprint density at radius 3 is 2.16 bits per heavy atom. The van der Waals surface area contributed by atoms with E-state index in [9.17, 15) is 9.59 Å². The zero-order valence-electron chi connectivity index (χ0n) is 12.8.